The molecule has 0 bridgehead atoms. The van der Waals surface area contributed by atoms with Gasteiger partial charge in [-0.1, -0.05) is 0 Å². The van der Waals surface area contributed by atoms with Gasteiger partial charge in [-0.05, 0) is 31.9 Å². The van der Waals surface area contributed by atoms with Crippen LogP contribution in [0.2, 0.25) is 0 Å². The van der Waals surface area contributed by atoms with E-state index in [0.29, 0.717) is 51.2 Å². The van der Waals surface area contributed by atoms with Crippen molar-refractivity contribution in [3.8, 4) is 0 Å². The van der Waals surface area contributed by atoms with Crippen LogP contribution >= 0.6 is 0 Å². The van der Waals surface area contributed by atoms with E-state index in [-0.39, 0.29) is 23.7 Å². The van der Waals surface area contributed by atoms with Gasteiger partial charge >= 0.3 is 5.97 Å². The second-order valence-electron chi connectivity index (χ2n) is 7.06. The van der Waals surface area contributed by atoms with Crippen LogP contribution in [0.15, 0.2) is 24.5 Å². The van der Waals surface area contributed by atoms with Crippen LogP contribution in [-0.4, -0.2) is 65.4 Å². The molecular formula is C19H25N3O4. The molecule has 0 spiro atoms. The van der Waals surface area contributed by atoms with Gasteiger partial charge in [0.25, 0.3) is 5.91 Å². The number of amides is 2. The minimum atomic E-state index is -0.713. The molecule has 1 aromatic rings. The first kappa shape index (κ1) is 18.4. The van der Waals surface area contributed by atoms with Crippen LogP contribution in [-0.2, 0) is 14.3 Å². The maximum absolute atomic E-state index is 12.9. The first-order valence-electron chi connectivity index (χ1n) is 9.10. The molecule has 3 rings (SSSR count). The molecule has 7 nitrogen and oxygen atoms in total. The largest absolute Gasteiger partial charge is 0.466 e. The third kappa shape index (κ3) is 3.30. The number of nitrogens with zero attached hydrogens (tertiary/aromatic N) is 3. The van der Waals surface area contributed by atoms with Crippen LogP contribution in [0.4, 0.5) is 0 Å². The lowest BCUT2D eigenvalue weighted by molar-refractivity contribution is -0.157. The molecule has 0 radical (unpaired) electrons. The lowest BCUT2D eigenvalue weighted by Crippen LogP contribution is -2.43. The molecule has 3 heterocycles. The maximum Gasteiger partial charge on any atom is 0.314 e. The topological polar surface area (TPSA) is 79.8 Å². The zero-order valence-corrected chi connectivity index (χ0v) is 15.3. The van der Waals surface area contributed by atoms with Crippen molar-refractivity contribution in [1.29, 1.82) is 0 Å². The van der Waals surface area contributed by atoms with E-state index in [9.17, 15) is 14.4 Å². The molecule has 0 N–H and O–H groups in total. The third-order valence-electron chi connectivity index (χ3n) is 5.53. The van der Waals surface area contributed by atoms with E-state index in [1.54, 1.807) is 41.2 Å². The zero-order chi connectivity index (χ0) is 18.7. The number of carbonyl (C=O) groups is 3. The smallest absolute Gasteiger partial charge is 0.314 e. The zero-order valence-electron chi connectivity index (χ0n) is 15.3. The summed E-state index contributed by atoms with van der Waals surface area (Å²) in [6.07, 6.45) is 4.53. The molecule has 140 valence electrons. The Morgan fingerprint density at radius 2 is 1.92 bits per heavy atom. The number of hydrogen-bond donors (Lipinski definition) is 0. The Kier molecular flexibility index (Phi) is 5.25. The molecule has 2 aliphatic heterocycles. The molecule has 0 saturated carbocycles. The summed E-state index contributed by atoms with van der Waals surface area (Å²) in [5.41, 5.74) is -0.125. The predicted octanol–water partition coefficient (Wildman–Crippen LogP) is 1.35. The average Bonchev–Trinajstić information content (AvgIpc) is 2.91. The van der Waals surface area contributed by atoms with Gasteiger partial charge in [-0.25, -0.2) is 0 Å². The fraction of sp³-hybridized carbons (Fsp3) is 0.579. The van der Waals surface area contributed by atoms with Gasteiger partial charge in [0.1, 0.15) is 0 Å². The van der Waals surface area contributed by atoms with Gasteiger partial charge in [-0.15, -0.1) is 0 Å². The molecule has 2 atom stereocenters. The number of pyridine rings is 1. The van der Waals surface area contributed by atoms with Gasteiger partial charge in [0.2, 0.25) is 5.91 Å². The number of esters is 1. The summed E-state index contributed by atoms with van der Waals surface area (Å²) >= 11 is 0. The Balaban J connectivity index is 1.86. The normalized spacial score (nSPS) is 25.4. The highest BCUT2D eigenvalue weighted by molar-refractivity contribution is 5.94. The molecule has 0 aliphatic carbocycles. The Morgan fingerprint density at radius 3 is 2.58 bits per heavy atom. The lowest BCUT2D eigenvalue weighted by atomic mass is 9.75. The van der Waals surface area contributed by atoms with Crippen LogP contribution in [0.1, 0.15) is 37.0 Å². The van der Waals surface area contributed by atoms with Crippen LogP contribution in [0.5, 0.6) is 0 Å². The summed E-state index contributed by atoms with van der Waals surface area (Å²) in [4.78, 5) is 45.0. The standard InChI is InChI=1S/C19H25N3O4/c1-3-26-18(25)19-7-4-10-21(17(24)15-5-8-20-9-6-15)11-16(19)12-22(13-19)14(2)23/h5-6,8-9,16H,3-4,7,10-13H2,1-2H3/t16-,19-/m0/s1. The van der Waals surface area contributed by atoms with E-state index in [1.165, 1.54) is 6.92 Å². The SMILES string of the molecule is CCOC(=O)[C@]12CCCN(C(=O)c3ccncc3)C[C@H]1CN(C(C)=O)C2. The minimum absolute atomic E-state index is 0.0474. The van der Waals surface area contributed by atoms with Gasteiger partial charge in [0.05, 0.1) is 12.0 Å². The molecule has 0 aromatic carbocycles. The molecule has 0 unspecified atom stereocenters. The van der Waals surface area contributed by atoms with Gasteiger partial charge < -0.3 is 14.5 Å². The number of rotatable bonds is 3. The van der Waals surface area contributed by atoms with Crippen molar-refractivity contribution in [3.05, 3.63) is 30.1 Å². The summed E-state index contributed by atoms with van der Waals surface area (Å²) < 4.78 is 5.36. The highest BCUT2D eigenvalue weighted by atomic mass is 16.5. The van der Waals surface area contributed by atoms with E-state index >= 15 is 0 Å². The summed E-state index contributed by atoms with van der Waals surface area (Å²) in [5.74, 6) is -0.465. The van der Waals surface area contributed by atoms with Crippen LogP contribution in [0, 0.1) is 11.3 Å². The summed E-state index contributed by atoms with van der Waals surface area (Å²) in [5, 5.41) is 0. The van der Waals surface area contributed by atoms with E-state index in [0.717, 1.165) is 0 Å². The lowest BCUT2D eigenvalue weighted by Gasteiger charge is -2.31. The fourth-order valence-corrected chi connectivity index (χ4v) is 4.14. The quantitative estimate of drug-likeness (QED) is 0.761. The second kappa shape index (κ2) is 7.43. The minimum Gasteiger partial charge on any atom is -0.466 e. The number of carbonyl (C=O) groups excluding carboxylic acids is 3. The summed E-state index contributed by atoms with van der Waals surface area (Å²) in [6.45, 7) is 5.52. The highest BCUT2D eigenvalue weighted by Gasteiger charge is 2.55. The third-order valence-corrected chi connectivity index (χ3v) is 5.53. The summed E-state index contributed by atoms with van der Waals surface area (Å²) in [6, 6.07) is 3.39. The molecule has 2 fully saturated rings. The maximum atomic E-state index is 12.9. The number of likely N-dealkylation sites (tertiary alicyclic amines) is 2. The second-order valence-corrected chi connectivity index (χ2v) is 7.06. The Bertz CT molecular complexity index is 693. The number of ether oxygens (including phenoxy) is 1. The van der Waals surface area contributed by atoms with Gasteiger partial charge in [-0.2, -0.15) is 0 Å². The monoisotopic (exact) mass is 359 g/mol. The van der Waals surface area contributed by atoms with Crippen molar-refractivity contribution >= 4 is 17.8 Å². The van der Waals surface area contributed by atoms with Gasteiger partial charge in [0.15, 0.2) is 0 Å². The first-order chi connectivity index (χ1) is 12.5. The van der Waals surface area contributed by atoms with Gasteiger partial charge in [-0.3, -0.25) is 19.4 Å². The molecule has 1 aromatic heterocycles. The number of hydrogen-bond acceptors (Lipinski definition) is 5. The molecule has 7 heteroatoms. The van der Waals surface area contributed by atoms with Crippen LogP contribution in [0.25, 0.3) is 0 Å². The fourth-order valence-electron chi connectivity index (χ4n) is 4.14. The van der Waals surface area contributed by atoms with Crippen LogP contribution < -0.4 is 0 Å². The Morgan fingerprint density at radius 1 is 1.23 bits per heavy atom. The molecule has 2 saturated heterocycles. The molecular weight excluding hydrogens is 334 g/mol. The summed E-state index contributed by atoms with van der Waals surface area (Å²) in [7, 11) is 0. The Labute approximate surface area is 153 Å². The Hall–Kier alpha value is -2.44. The van der Waals surface area contributed by atoms with E-state index in [4.69, 9.17) is 4.74 Å². The van der Waals surface area contributed by atoms with Crippen molar-refractivity contribution in [2.45, 2.75) is 26.7 Å². The average molecular weight is 359 g/mol. The molecule has 2 aliphatic rings. The first-order valence-corrected chi connectivity index (χ1v) is 9.10. The predicted molar refractivity (Wildman–Crippen MR) is 94.2 cm³/mol. The van der Waals surface area contributed by atoms with Crippen LogP contribution in [0.3, 0.4) is 0 Å². The van der Waals surface area contributed by atoms with E-state index in [2.05, 4.69) is 4.98 Å². The molecule has 26 heavy (non-hydrogen) atoms. The number of fused-ring (bicyclic) bond motifs is 1. The van der Waals surface area contributed by atoms with Crippen molar-refractivity contribution < 1.29 is 19.1 Å². The number of aromatic nitrogens is 1. The highest BCUT2D eigenvalue weighted by Crippen LogP contribution is 2.44. The van der Waals surface area contributed by atoms with E-state index in [1.807, 2.05) is 0 Å². The van der Waals surface area contributed by atoms with Crippen molar-refractivity contribution in [2.24, 2.45) is 11.3 Å². The van der Waals surface area contributed by atoms with E-state index < -0.39 is 5.41 Å². The van der Waals surface area contributed by atoms with Crippen molar-refractivity contribution in [1.82, 2.24) is 14.8 Å². The molecule has 2 amide bonds. The van der Waals surface area contributed by atoms with Crippen molar-refractivity contribution in [3.63, 3.8) is 0 Å². The van der Waals surface area contributed by atoms with Crippen molar-refractivity contribution in [2.75, 3.05) is 32.8 Å². The van der Waals surface area contributed by atoms with Gasteiger partial charge in [0, 0.05) is 57.0 Å².